The molecular formula is C16H20F3N5O. The molecule has 9 heteroatoms. The third-order valence-electron chi connectivity index (χ3n) is 4.26. The lowest BCUT2D eigenvalue weighted by Gasteiger charge is -2.27. The van der Waals surface area contributed by atoms with Crippen LogP contribution >= 0.6 is 0 Å². The first-order valence-electron chi connectivity index (χ1n) is 8.31. The zero-order valence-corrected chi connectivity index (χ0v) is 13.9. The highest BCUT2D eigenvalue weighted by Crippen LogP contribution is 2.26. The average molecular weight is 355 g/mol. The predicted molar refractivity (Wildman–Crippen MR) is 84.9 cm³/mol. The van der Waals surface area contributed by atoms with Gasteiger partial charge in [-0.25, -0.2) is 9.97 Å². The first-order chi connectivity index (χ1) is 11.9. The Morgan fingerprint density at radius 2 is 2.12 bits per heavy atom. The van der Waals surface area contributed by atoms with E-state index in [1.165, 1.54) is 0 Å². The maximum atomic E-state index is 12.7. The summed E-state index contributed by atoms with van der Waals surface area (Å²) in [5.74, 6) is -0.289. The molecule has 2 aromatic heterocycles. The summed E-state index contributed by atoms with van der Waals surface area (Å²) in [6.45, 7) is 3.51. The van der Waals surface area contributed by atoms with Gasteiger partial charge in [0.1, 0.15) is 5.82 Å². The predicted octanol–water partition coefficient (Wildman–Crippen LogP) is 2.41. The molecule has 0 saturated heterocycles. The highest BCUT2D eigenvalue weighted by atomic mass is 19.4. The Morgan fingerprint density at radius 1 is 1.32 bits per heavy atom. The molecular weight excluding hydrogens is 335 g/mol. The number of imidazole rings is 1. The number of halogens is 3. The molecule has 0 radical (unpaired) electrons. The van der Waals surface area contributed by atoms with E-state index >= 15 is 0 Å². The molecule has 0 aliphatic carbocycles. The van der Waals surface area contributed by atoms with Crippen LogP contribution in [0.3, 0.4) is 0 Å². The standard InChI is InChI=1S/C16H20F3N5O/c1-2-3-4-13-20-7-10(21-13)8-24-6-5-12-11(9-24)14(25)23-15(22-12)16(17,18)19/h7H,2-6,8-9H2,1H3,(H,20,21)(H,22,23,25). The van der Waals surface area contributed by atoms with Crippen molar-refractivity contribution in [2.75, 3.05) is 6.54 Å². The lowest BCUT2D eigenvalue weighted by Crippen LogP contribution is -2.36. The van der Waals surface area contributed by atoms with Crippen molar-refractivity contribution in [2.24, 2.45) is 0 Å². The number of aromatic nitrogens is 4. The van der Waals surface area contributed by atoms with Crippen molar-refractivity contribution >= 4 is 0 Å². The van der Waals surface area contributed by atoms with Gasteiger partial charge >= 0.3 is 6.18 Å². The lowest BCUT2D eigenvalue weighted by atomic mass is 10.1. The first kappa shape index (κ1) is 17.7. The number of alkyl halides is 3. The van der Waals surface area contributed by atoms with Gasteiger partial charge in [-0.15, -0.1) is 0 Å². The molecule has 3 heterocycles. The van der Waals surface area contributed by atoms with Crippen molar-refractivity contribution in [2.45, 2.75) is 51.9 Å². The largest absolute Gasteiger partial charge is 0.449 e. The first-order valence-corrected chi connectivity index (χ1v) is 8.31. The van der Waals surface area contributed by atoms with E-state index in [4.69, 9.17) is 0 Å². The van der Waals surface area contributed by atoms with Crippen LogP contribution in [0.4, 0.5) is 13.2 Å². The summed E-state index contributed by atoms with van der Waals surface area (Å²) < 4.78 is 38.2. The van der Waals surface area contributed by atoms with Gasteiger partial charge in [0.15, 0.2) is 0 Å². The third kappa shape index (κ3) is 4.09. The molecule has 2 N–H and O–H groups in total. The number of rotatable bonds is 5. The Bertz CT molecular complexity index is 796. The number of nitrogens with zero attached hydrogens (tertiary/aromatic N) is 3. The minimum absolute atomic E-state index is 0.237. The van der Waals surface area contributed by atoms with Crippen LogP contribution in [-0.4, -0.2) is 31.4 Å². The van der Waals surface area contributed by atoms with Crippen LogP contribution in [0.2, 0.25) is 0 Å². The molecule has 6 nitrogen and oxygen atoms in total. The number of aryl methyl sites for hydroxylation is 1. The summed E-state index contributed by atoms with van der Waals surface area (Å²) in [5.41, 5.74) is 0.770. The van der Waals surface area contributed by atoms with Crippen LogP contribution in [0.5, 0.6) is 0 Å². The highest BCUT2D eigenvalue weighted by Gasteiger charge is 2.35. The summed E-state index contributed by atoms with van der Waals surface area (Å²) in [7, 11) is 0. The van der Waals surface area contributed by atoms with Gasteiger partial charge in [0.25, 0.3) is 5.56 Å². The van der Waals surface area contributed by atoms with E-state index in [0.29, 0.717) is 25.1 Å². The van der Waals surface area contributed by atoms with E-state index in [0.717, 1.165) is 30.8 Å². The van der Waals surface area contributed by atoms with Crippen molar-refractivity contribution < 1.29 is 13.2 Å². The Labute approximate surface area is 142 Å². The molecule has 0 bridgehead atoms. The molecule has 1 aliphatic rings. The highest BCUT2D eigenvalue weighted by molar-refractivity contribution is 5.21. The van der Waals surface area contributed by atoms with Crippen molar-refractivity contribution in [1.82, 2.24) is 24.8 Å². The number of nitrogens with one attached hydrogen (secondary N) is 2. The summed E-state index contributed by atoms with van der Waals surface area (Å²) in [6.07, 6.45) is 0.495. The molecule has 0 spiro atoms. The average Bonchev–Trinajstić information content (AvgIpc) is 3.00. The maximum Gasteiger partial charge on any atom is 0.449 e. The quantitative estimate of drug-likeness (QED) is 0.863. The number of fused-ring (bicyclic) bond motifs is 1. The van der Waals surface area contributed by atoms with E-state index < -0.39 is 17.6 Å². The van der Waals surface area contributed by atoms with E-state index in [1.807, 2.05) is 9.88 Å². The summed E-state index contributed by atoms with van der Waals surface area (Å²) >= 11 is 0. The topological polar surface area (TPSA) is 77.7 Å². The molecule has 25 heavy (non-hydrogen) atoms. The Balaban J connectivity index is 1.71. The van der Waals surface area contributed by atoms with Gasteiger partial charge in [-0.3, -0.25) is 9.69 Å². The van der Waals surface area contributed by atoms with Crippen LogP contribution in [0.1, 0.15) is 48.4 Å². The SMILES string of the molecule is CCCCc1ncc(CN2CCc3nc(C(F)(F)F)[nH]c(=O)c3C2)[nH]1. The van der Waals surface area contributed by atoms with Crippen LogP contribution in [0.15, 0.2) is 11.0 Å². The summed E-state index contributed by atoms with van der Waals surface area (Å²) in [5, 5.41) is 0. The smallest absolute Gasteiger partial charge is 0.345 e. The van der Waals surface area contributed by atoms with Crippen LogP contribution in [-0.2, 0) is 32.1 Å². The van der Waals surface area contributed by atoms with E-state index in [-0.39, 0.29) is 12.2 Å². The van der Waals surface area contributed by atoms with E-state index in [1.54, 1.807) is 6.20 Å². The molecule has 136 valence electrons. The monoisotopic (exact) mass is 355 g/mol. The van der Waals surface area contributed by atoms with Gasteiger partial charge in [0, 0.05) is 44.4 Å². The van der Waals surface area contributed by atoms with Crippen molar-refractivity contribution in [3.05, 3.63) is 45.2 Å². The molecule has 2 aromatic rings. The molecule has 0 fully saturated rings. The molecule has 0 aromatic carbocycles. The number of H-pyrrole nitrogens is 2. The minimum Gasteiger partial charge on any atom is -0.345 e. The molecule has 0 unspecified atom stereocenters. The fourth-order valence-corrected chi connectivity index (χ4v) is 2.95. The van der Waals surface area contributed by atoms with Crippen LogP contribution in [0, 0.1) is 0 Å². The van der Waals surface area contributed by atoms with Gasteiger partial charge in [-0.05, 0) is 6.42 Å². The van der Waals surface area contributed by atoms with Crippen LogP contribution in [0.25, 0.3) is 0 Å². The van der Waals surface area contributed by atoms with Crippen LogP contribution < -0.4 is 5.56 Å². The van der Waals surface area contributed by atoms with Gasteiger partial charge in [-0.2, -0.15) is 13.2 Å². The van der Waals surface area contributed by atoms with Crippen molar-refractivity contribution in [3.8, 4) is 0 Å². The molecule has 0 amide bonds. The Kier molecular flexibility index (Phi) is 4.94. The number of hydrogen-bond donors (Lipinski definition) is 2. The van der Waals surface area contributed by atoms with Crippen molar-refractivity contribution in [1.29, 1.82) is 0 Å². The van der Waals surface area contributed by atoms with Gasteiger partial charge in [0.2, 0.25) is 5.82 Å². The molecule has 0 saturated carbocycles. The Morgan fingerprint density at radius 3 is 2.84 bits per heavy atom. The van der Waals surface area contributed by atoms with Gasteiger partial charge in [-0.1, -0.05) is 13.3 Å². The minimum atomic E-state index is -4.64. The second kappa shape index (κ2) is 6.99. The molecule has 3 rings (SSSR count). The lowest BCUT2D eigenvalue weighted by molar-refractivity contribution is -0.145. The zero-order chi connectivity index (χ0) is 18.0. The zero-order valence-electron chi connectivity index (χ0n) is 13.9. The van der Waals surface area contributed by atoms with Crippen molar-refractivity contribution in [3.63, 3.8) is 0 Å². The van der Waals surface area contributed by atoms with E-state index in [2.05, 4.69) is 21.9 Å². The summed E-state index contributed by atoms with van der Waals surface area (Å²) in [4.78, 5) is 27.1. The second-order valence-corrected chi connectivity index (χ2v) is 6.26. The van der Waals surface area contributed by atoms with E-state index in [9.17, 15) is 18.0 Å². The normalized spacial score (nSPS) is 15.4. The molecule has 1 aliphatic heterocycles. The number of unbranched alkanes of at least 4 members (excludes halogenated alkanes) is 1. The summed E-state index contributed by atoms with van der Waals surface area (Å²) in [6, 6.07) is 0. The fourth-order valence-electron chi connectivity index (χ4n) is 2.95. The van der Waals surface area contributed by atoms with Gasteiger partial charge < -0.3 is 9.97 Å². The fraction of sp³-hybridized carbons (Fsp3) is 0.562. The number of aromatic amines is 2. The maximum absolute atomic E-state index is 12.7. The third-order valence-corrected chi connectivity index (χ3v) is 4.26. The number of hydrogen-bond acceptors (Lipinski definition) is 4. The second-order valence-electron chi connectivity index (χ2n) is 6.26. The Hall–Kier alpha value is -2.16. The van der Waals surface area contributed by atoms with Gasteiger partial charge in [0.05, 0.1) is 11.3 Å². The molecule has 0 atom stereocenters.